The summed E-state index contributed by atoms with van der Waals surface area (Å²) in [6, 6.07) is 8.06. The maximum absolute atomic E-state index is 13.0. The monoisotopic (exact) mass is 481 g/mol. The molecule has 4 rings (SSSR count). The highest BCUT2D eigenvalue weighted by molar-refractivity contribution is 7.20. The highest BCUT2D eigenvalue weighted by Gasteiger charge is 2.27. The number of H-pyrrole nitrogens is 1. The van der Waals surface area contributed by atoms with Crippen LogP contribution < -0.4 is 5.56 Å². The summed E-state index contributed by atoms with van der Waals surface area (Å²) in [5.41, 5.74) is 2.41. The van der Waals surface area contributed by atoms with Crippen LogP contribution in [-0.4, -0.2) is 46.8 Å². The van der Waals surface area contributed by atoms with Crippen molar-refractivity contribution in [3.8, 4) is 0 Å². The van der Waals surface area contributed by atoms with Crippen molar-refractivity contribution >= 4 is 33.3 Å². The highest BCUT2D eigenvalue weighted by Crippen LogP contribution is 2.28. The number of rotatable bonds is 7. The van der Waals surface area contributed by atoms with Gasteiger partial charge >= 0.3 is 5.97 Å². The Morgan fingerprint density at radius 2 is 1.88 bits per heavy atom. The van der Waals surface area contributed by atoms with Crippen LogP contribution in [0.4, 0.5) is 0 Å². The van der Waals surface area contributed by atoms with Gasteiger partial charge in [0.25, 0.3) is 5.56 Å². The van der Waals surface area contributed by atoms with Crippen LogP contribution in [-0.2, 0) is 17.7 Å². The van der Waals surface area contributed by atoms with Gasteiger partial charge in [0.05, 0.1) is 19.0 Å². The average Bonchev–Trinajstić information content (AvgIpc) is 3.15. The number of Topliss-reactive ketones (excluding diaryl/α,β-unsaturated/α-hetero) is 1. The number of thiophene rings is 1. The van der Waals surface area contributed by atoms with E-state index in [4.69, 9.17) is 4.74 Å². The number of ether oxygens (including phenoxy) is 1. The Morgan fingerprint density at radius 3 is 2.50 bits per heavy atom. The lowest BCUT2D eigenvalue weighted by Crippen LogP contribution is -2.36. The van der Waals surface area contributed by atoms with Gasteiger partial charge in [-0.25, -0.2) is 9.78 Å². The van der Waals surface area contributed by atoms with Gasteiger partial charge in [0.1, 0.15) is 15.5 Å². The third kappa shape index (κ3) is 5.13. The fourth-order valence-electron chi connectivity index (χ4n) is 4.63. The molecule has 1 aromatic carbocycles. The van der Waals surface area contributed by atoms with Gasteiger partial charge in [0.15, 0.2) is 5.78 Å². The second kappa shape index (κ2) is 10.2. The molecule has 0 amide bonds. The van der Waals surface area contributed by atoms with Gasteiger partial charge in [-0.05, 0) is 56.3 Å². The van der Waals surface area contributed by atoms with E-state index in [0.717, 1.165) is 37.9 Å². The highest BCUT2D eigenvalue weighted by atomic mass is 32.1. The second-order valence-corrected chi connectivity index (χ2v) is 10.4. The maximum atomic E-state index is 13.0. The molecule has 1 aliphatic heterocycles. The molecule has 0 saturated carbocycles. The van der Waals surface area contributed by atoms with E-state index in [9.17, 15) is 14.4 Å². The number of nitrogens with one attached hydrogen (secondary N) is 1. The van der Waals surface area contributed by atoms with Gasteiger partial charge in [0.2, 0.25) is 0 Å². The number of benzene rings is 1. The van der Waals surface area contributed by atoms with Crippen LogP contribution in [0.3, 0.4) is 0 Å². The Balaban J connectivity index is 1.39. The van der Waals surface area contributed by atoms with Crippen LogP contribution in [0.1, 0.15) is 63.7 Å². The van der Waals surface area contributed by atoms with Gasteiger partial charge in [-0.1, -0.05) is 38.1 Å². The number of piperidine rings is 1. The Kier molecular flexibility index (Phi) is 7.28. The van der Waals surface area contributed by atoms with Crippen LogP contribution in [0.2, 0.25) is 0 Å². The van der Waals surface area contributed by atoms with E-state index < -0.39 is 5.97 Å². The summed E-state index contributed by atoms with van der Waals surface area (Å²) < 4.78 is 4.82. The predicted molar refractivity (Wildman–Crippen MR) is 134 cm³/mol. The number of fused-ring (bicyclic) bond motifs is 1. The number of carbonyl (C=O) groups excluding carboxylic acids is 2. The van der Waals surface area contributed by atoms with E-state index >= 15 is 0 Å². The van der Waals surface area contributed by atoms with E-state index in [0.29, 0.717) is 38.9 Å². The van der Waals surface area contributed by atoms with Crippen LogP contribution in [0, 0.1) is 18.8 Å². The van der Waals surface area contributed by atoms with Gasteiger partial charge in [-0.3, -0.25) is 14.5 Å². The quantitative estimate of drug-likeness (QED) is 0.398. The second-order valence-electron chi connectivity index (χ2n) is 9.45. The molecule has 1 aliphatic rings. The van der Waals surface area contributed by atoms with Crippen molar-refractivity contribution in [1.29, 1.82) is 0 Å². The number of aromatic amines is 1. The first-order chi connectivity index (χ1) is 16.3. The van der Waals surface area contributed by atoms with Crippen LogP contribution in [0.25, 0.3) is 10.2 Å². The number of aromatic nitrogens is 2. The fraction of sp³-hybridized carbons (Fsp3) is 0.462. The third-order valence-electron chi connectivity index (χ3n) is 6.43. The van der Waals surface area contributed by atoms with Crippen molar-refractivity contribution < 1.29 is 14.3 Å². The summed E-state index contributed by atoms with van der Waals surface area (Å²) in [5, 5.41) is 0.442. The summed E-state index contributed by atoms with van der Waals surface area (Å²) in [4.78, 5) is 48.3. The summed E-state index contributed by atoms with van der Waals surface area (Å²) >= 11 is 1.18. The molecule has 0 radical (unpaired) electrons. The number of hydrogen-bond donors (Lipinski definition) is 1. The summed E-state index contributed by atoms with van der Waals surface area (Å²) in [7, 11) is 1.32. The number of methoxy groups -OCH3 is 1. The number of hydrogen-bond acceptors (Lipinski definition) is 7. The van der Waals surface area contributed by atoms with Crippen molar-refractivity contribution in [2.45, 2.75) is 46.6 Å². The molecule has 0 bridgehead atoms. The molecule has 0 spiro atoms. The van der Waals surface area contributed by atoms with E-state index in [1.165, 1.54) is 24.0 Å². The van der Waals surface area contributed by atoms with Crippen molar-refractivity contribution in [3.63, 3.8) is 0 Å². The van der Waals surface area contributed by atoms with E-state index in [1.54, 1.807) is 6.92 Å². The zero-order valence-electron chi connectivity index (χ0n) is 20.1. The molecule has 34 heavy (non-hydrogen) atoms. The van der Waals surface area contributed by atoms with E-state index in [1.807, 2.05) is 12.1 Å². The molecule has 1 saturated heterocycles. The van der Waals surface area contributed by atoms with Crippen LogP contribution in [0.5, 0.6) is 0 Å². The summed E-state index contributed by atoms with van der Waals surface area (Å²) in [6.45, 7) is 8.15. The first-order valence-electron chi connectivity index (χ1n) is 11.7. The minimum atomic E-state index is -0.456. The smallest absolute Gasteiger partial charge is 0.348 e. The molecule has 0 aliphatic carbocycles. The number of aryl methyl sites for hydroxylation is 1. The number of nitrogens with zero attached hydrogens (tertiary/aromatic N) is 2. The topological polar surface area (TPSA) is 92.4 Å². The number of esters is 1. The van der Waals surface area contributed by atoms with Gasteiger partial charge in [-0.15, -0.1) is 11.3 Å². The minimum absolute atomic E-state index is 0.0178. The zero-order chi connectivity index (χ0) is 24.4. The molecular formula is C26H31N3O4S. The van der Waals surface area contributed by atoms with E-state index in [2.05, 4.69) is 40.8 Å². The summed E-state index contributed by atoms with van der Waals surface area (Å²) in [6.07, 6.45) is 2.58. The van der Waals surface area contributed by atoms with Gasteiger partial charge in [-0.2, -0.15) is 0 Å². The first-order valence-corrected chi connectivity index (χ1v) is 12.5. The first kappa shape index (κ1) is 24.3. The predicted octanol–water partition coefficient (Wildman–Crippen LogP) is 4.37. The molecule has 3 aromatic rings. The van der Waals surface area contributed by atoms with Crippen molar-refractivity contribution in [1.82, 2.24) is 14.9 Å². The van der Waals surface area contributed by atoms with E-state index in [-0.39, 0.29) is 17.3 Å². The van der Waals surface area contributed by atoms with Crippen LogP contribution in [0.15, 0.2) is 29.1 Å². The molecule has 1 N–H and O–H groups in total. The zero-order valence-corrected chi connectivity index (χ0v) is 21.0. The Labute approximate surface area is 203 Å². The summed E-state index contributed by atoms with van der Waals surface area (Å²) in [5.74, 6) is 0.940. The number of likely N-dealkylation sites (tertiary alicyclic amines) is 1. The fourth-order valence-corrected chi connectivity index (χ4v) is 5.75. The average molecular weight is 482 g/mol. The minimum Gasteiger partial charge on any atom is -0.465 e. The molecule has 3 heterocycles. The molecule has 8 heteroatoms. The Morgan fingerprint density at radius 1 is 1.21 bits per heavy atom. The molecule has 0 unspecified atom stereocenters. The SMILES string of the molecule is COC(=O)c1sc2nc(CN3CCC(C(=O)c4ccc(CC(C)C)cc4)CC3)[nH]c(=O)c2c1C. The standard InChI is InChI=1S/C26H31N3O4S/c1-15(2)13-17-5-7-18(8-6-17)22(30)19-9-11-29(12-10-19)14-20-27-24(31)21-16(3)23(26(32)33-4)34-25(21)28-20/h5-8,15,19H,9-14H2,1-4H3,(H,27,28,31). The Hall–Kier alpha value is -2.84. The molecule has 1 fully saturated rings. The van der Waals surface area contributed by atoms with Gasteiger partial charge < -0.3 is 9.72 Å². The maximum Gasteiger partial charge on any atom is 0.348 e. The van der Waals surface area contributed by atoms with Crippen molar-refractivity contribution in [3.05, 3.63) is 62.0 Å². The van der Waals surface area contributed by atoms with Crippen molar-refractivity contribution in [2.75, 3.05) is 20.2 Å². The molecule has 7 nitrogen and oxygen atoms in total. The molecule has 2 aromatic heterocycles. The molecule has 180 valence electrons. The third-order valence-corrected chi connectivity index (χ3v) is 7.60. The van der Waals surface area contributed by atoms with Gasteiger partial charge in [0, 0.05) is 11.5 Å². The lowest BCUT2D eigenvalue weighted by atomic mass is 9.88. The van der Waals surface area contributed by atoms with Crippen molar-refractivity contribution in [2.24, 2.45) is 11.8 Å². The molecule has 0 atom stereocenters. The number of carbonyl (C=O) groups is 2. The lowest BCUT2D eigenvalue weighted by Gasteiger charge is -2.30. The number of ketones is 1. The lowest BCUT2D eigenvalue weighted by molar-refractivity contribution is 0.0605. The molecular weight excluding hydrogens is 450 g/mol. The van der Waals surface area contributed by atoms with Crippen LogP contribution >= 0.6 is 11.3 Å². The normalized spacial score (nSPS) is 15.2. The Bertz CT molecular complexity index is 1250. The largest absolute Gasteiger partial charge is 0.465 e.